The van der Waals surface area contributed by atoms with E-state index < -0.39 is 0 Å². The molecule has 0 aliphatic rings. The van der Waals surface area contributed by atoms with Crippen molar-refractivity contribution >= 4 is 5.95 Å². The van der Waals surface area contributed by atoms with E-state index in [0.29, 0.717) is 5.95 Å². The van der Waals surface area contributed by atoms with Crippen LogP contribution >= 0.6 is 0 Å². The lowest BCUT2D eigenvalue weighted by molar-refractivity contribution is 0.486. The summed E-state index contributed by atoms with van der Waals surface area (Å²) in [7, 11) is 0. The fourth-order valence-corrected chi connectivity index (χ4v) is 1.69. The zero-order chi connectivity index (χ0) is 12.8. The molecule has 96 valence electrons. The molecule has 0 amide bonds. The Hall–Kier alpha value is -1.88. The Morgan fingerprint density at radius 1 is 1.17 bits per heavy atom. The lowest BCUT2D eigenvalue weighted by atomic mass is 10.4. The van der Waals surface area contributed by atoms with E-state index in [-0.39, 0.29) is 0 Å². The van der Waals surface area contributed by atoms with Crippen molar-refractivity contribution < 1.29 is 4.42 Å². The first kappa shape index (κ1) is 12.6. The predicted octanol–water partition coefficient (Wildman–Crippen LogP) is 1.89. The monoisotopic (exact) mass is 246 g/mol. The molecule has 5 nitrogen and oxygen atoms in total. The van der Waals surface area contributed by atoms with Crippen LogP contribution in [0, 0.1) is 13.8 Å². The smallest absolute Gasteiger partial charge is 0.223 e. The van der Waals surface area contributed by atoms with Gasteiger partial charge in [0.2, 0.25) is 5.95 Å². The standard InChI is InChI=1S/C13H18N4O/c1-10-8-11(2)17-13(16-10)15-6-5-14-9-12-4-3-7-18-12/h3-4,7-8,14H,5-6,9H2,1-2H3,(H,15,16,17). The molecular weight excluding hydrogens is 228 g/mol. The van der Waals surface area contributed by atoms with Crippen LogP contribution in [0.15, 0.2) is 28.9 Å². The second kappa shape index (κ2) is 6.16. The fourth-order valence-electron chi connectivity index (χ4n) is 1.69. The number of aryl methyl sites for hydroxylation is 2. The Labute approximate surface area is 107 Å². The number of aromatic nitrogens is 2. The van der Waals surface area contributed by atoms with Crippen molar-refractivity contribution in [3.8, 4) is 0 Å². The molecule has 0 fully saturated rings. The SMILES string of the molecule is Cc1cc(C)nc(NCCNCc2ccco2)n1. The number of rotatable bonds is 6. The van der Waals surface area contributed by atoms with Gasteiger partial charge in [0, 0.05) is 24.5 Å². The number of anilines is 1. The average molecular weight is 246 g/mol. The highest BCUT2D eigenvalue weighted by atomic mass is 16.3. The van der Waals surface area contributed by atoms with E-state index in [0.717, 1.165) is 36.8 Å². The zero-order valence-electron chi connectivity index (χ0n) is 10.7. The third-order valence-electron chi connectivity index (χ3n) is 2.45. The zero-order valence-corrected chi connectivity index (χ0v) is 10.7. The van der Waals surface area contributed by atoms with Crippen molar-refractivity contribution in [1.29, 1.82) is 0 Å². The van der Waals surface area contributed by atoms with Gasteiger partial charge in [-0.2, -0.15) is 0 Å². The fraction of sp³-hybridized carbons (Fsp3) is 0.385. The number of hydrogen-bond donors (Lipinski definition) is 2. The summed E-state index contributed by atoms with van der Waals surface area (Å²) in [5.74, 6) is 1.63. The molecule has 2 N–H and O–H groups in total. The predicted molar refractivity (Wildman–Crippen MR) is 70.4 cm³/mol. The average Bonchev–Trinajstić information content (AvgIpc) is 2.80. The first-order valence-electron chi connectivity index (χ1n) is 6.03. The van der Waals surface area contributed by atoms with E-state index in [1.54, 1.807) is 6.26 Å². The summed E-state index contributed by atoms with van der Waals surface area (Å²) < 4.78 is 5.22. The molecule has 0 atom stereocenters. The molecule has 0 aliphatic heterocycles. The van der Waals surface area contributed by atoms with Gasteiger partial charge in [0.05, 0.1) is 12.8 Å². The quantitative estimate of drug-likeness (QED) is 0.762. The first-order valence-corrected chi connectivity index (χ1v) is 6.03. The van der Waals surface area contributed by atoms with Crippen LogP contribution in [0.2, 0.25) is 0 Å². The van der Waals surface area contributed by atoms with Crippen LogP contribution in [0.3, 0.4) is 0 Å². The Kier molecular flexibility index (Phi) is 4.30. The van der Waals surface area contributed by atoms with Crippen molar-refractivity contribution in [2.75, 3.05) is 18.4 Å². The molecule has 0 bridgehead atoms. The van der Waals surface area contributed by atoms with E-state index in [9.17, 15) is 0 Å². The lowest BCUT2D eigenvalue weighted by Crippen LogP contribution is -2.22. The van der Waals surface area contributed by atoms with Gasteiger partial charge in [-0.3, -0.25) is 0 Å². The molecule has 0 aromatic carbocycles. The second-order valence-electron chi connectivity index (χ2n) is 4.16. The van der Waals surface area contributed by atoms with Crippen LogP contribution in [-0.4, -0.2) is 23.1 Å². The first-order chi connectivity index (χ1) is 8.74. The summed E-state index contributed by atoms with van der Waals surface area (Å²) >= 11 is 0. The molecule has 0 radical (unpaired) electrons. The van der Waals surface area contributed by atoms with Crippen LogP contribution in [0.1, 0.15) is 17.1 Å². The molecular formula is C13H18N4O. The Balaban J connectivity index is 1.68. The van der Waals surface area contributed by atoms with Gasteiger partial charge in [-0.1, -0.05) is 0 Å². The van der Waals surface area contributed by atoms with Crippen LogP contribution < -0.4 is 10.6 Å². The van der Waals surface area contributed by atoms with E-state index in [2.05, 4.69) is 20.6 Å². The summed E-state index contributed by atoms with van der Waals surface area (Å²) in [6.07, 6.45) is 1.68. The van der Waals surface area contributed by atoms with Gasteiger partial charge in [-0.25, -0.2) is 9.97 Å². The Morgan fingerprint density at radius 3 is 2.61 bits per heavy atom. The van der Waals surface area contributed by atoms with Crippen molar-refractivity contribution in [1.82, 2.24) is 15.3 Å². The minimum atomic E-state index is 0.687. The molecule has 0 spiro atoms. The van der Waals surface area contributed by atoms with E-state index in [1.165, 1.54) is 0 Å². The second-order valence-corrected chi connectivity index (χ2v) is 4.16. The molecule has 2 aromatic heterocycles. The van der Waals surface area contributed by atoms with Crippen LogP contribution in [0.5, 0.6) is 0 Å². The van der Waals surface area contributed by atoms with Gasteiger partial charge in [-0.05, 0) is 32.0 Å². The summed E-state index contributed by atoms with van der Waals surface area (Å²) in [5.41, 5.74) is 1.96. The van der Waals surface area contributed by atoms with Crippen LogP contribution in [-0.2, 0) is 6.54 Å². The Morgan fingerprint density at radius 2 is 1.94 bits per heavy atom. The molecule has 2 heterocycles. The molecule has 0 saturated carbocycles. The third kappa shape index (κ3) is 3.85. The van der Waals surface area contributed by atoms with E-state index >= 15 is 0 Å². The number of hydrogen-bond acceptors (Lipinski definition) is 5. The minimum Gasteiger partial charge on any atom is -0.468 e. The molecule has 2 rings (SSSR count). The summed E-state index contributed by atoms with van der Waals surface area (Å²) in [4.78, 5) is 8.63. The largest absolute Gasteiger partial charge is 0.468 e. The maximum Gasteiger partial charge on any atom is 0.223 e. The van der Waals surface area contributed by atoms with Gasteiger partial charge in [0.25, 0.3) is 0 Å². The lowest BCUT2D eigenvalue weighted by Gasteiger charge is -2.07. The number of furan rings is 1. The van der Waals surface area contributed by atoms with Gasteiger partial charge in [0.15, 0.2) is 0 Å². The van der Waals surface area contributed by atoms with Crippen molar-refractivity contribution in [3.05, 3.63) is 41.6 Å². The van der Waals surface area contributed by atoms with Gasteiger partial charge < -0.3 is 15.1 Å². The molecule has 0 saturated heterocycles. The highest BCUT2D eigenvalue weighted by molar-refractivity contribution is 5.27. The molecule has 0 unspecified atom stereocenters. The molecule has 18 heavy (non-hydrogen) atoms. The topological polar surface area (TPSA) is 63.0 Å². The number of nitrogens with one attached hydrogen (secondary N) is 2. The highest BCUT2D eigenvalue weighted by Gasteiger charge is 1.98. The van der Waals surface area contributed by atoms with Gasteiger partial charge >= 0.3 is 0 Å². The Bertz CT molecular complexity index is 461. The van der Waals surface area contributed by atoms with Crippen molar-refractivity contribution in [3.63, 3.8) is 0 Å². The van der Waals surface area contributed by atoms with Gasteiger partial charge in [0.1, 0.15) is 5.76 Å². The molecule has 5 heteroatoms. The summed E-state index contributed by atoms with van der Waals surface area (Å²) in [6, 6.07) is 5.80. The molecule has 0 aliphatic carbocycles. The number of nitrogens with zero attached hydrogens (tertiary/aromatic N) is 2. The van der Waals surface area contributed by atoms with E-state index in [4.69, 9.17) is 4.42 Å². The van der Waals surface area contributed by atoms with Crippen molar-refractivity contribution in [2.24, 2.45) is 0 Å². The maximum atomic E-state index is 5.22. The van der Waals surface area contributed by atoms with Crippen molar-refractivity contribution in [2.45, 2.75) is 20.4 Å². The molecule has 2 aromatic rings. The van der Waals surface area contributed by atoms with E-state index in [1.807, 2.05) is 32.0 Å². The highest BCUT2D eigenvalue weighted by Crippen LogP contribution is 2.03. The van der Waals surface area contributed by atoms with Gasteiger partial charge in [-0.15, -0.1) is 0 Å². The third-order valence-corrected chi connectivity index (χ3v) is 2.45. The van der Waals surface area contributed by atoms with Crippen LogP contribution in [0.25, 0.3) is 0 Å². The normalized spacial score (nSPS) is 10.6. The minimum absolute atomic E-state index is 0.687. The van der Waals surface area contributed by atoms with Crippen LogP contribution in [0.4, 0.5) is 5.95 Å². The summed E-state index contributed by atoms with van der Waals surface area (Å²) in [5, 5.41) is 6.47. The maximum absolute atomic E-state index is 5.22. The summed E-state index contributed by atoms with van der Waals surface area (Å²) in [6.45, 7) is 6.28.